The van der Waals surface area contributed by atoms with E-state index in [4.69, 9.17) is 4.74 Å². The fraction of sp³-hybridized carbons (Fsp3) is 0.273. The van der Waals surface area contributed by atoms with E-state index >= 15 is 0 Å². The van der Waals surface area contributed by atoms with Crippen LogP contribution in [-0.2, 0) is 12.6 Å². The summed E-state index contributed by atoms with van der Waals surface area (Å²) in [6, 6.07) is 19.0. The molecule has 3 nitrogen and oxygen atoms in total. The molecule has 28 heavy (non-hydrogen) atoms. The summed E-state index contributed by atoms with van der Waals surface area (Å²) in [7, 11) is 0. The van der Waals surface area contributed by atoms with Crippen molar-refractivity contribution in [2.24, 2.45) is 0 Å². The van der Waals surface area contributed by atoms with Gasteiger partial charge in [-0.05, 0) is 40.6 Å². The van der Waals surface area contributed by atoms with Gasteiger partial charge in [0.25, 0.3) is 0 Å². The van der Waals surface area contributed by atoms with Crippen LogP contribution in [0.2, 0.25) is 0 Å². The molecule has 0 radical (unpaired) electrons. The quantitative estimate of drug-likeness (QED) is 0.579. The van der Waals surface area contributed by atoms with Crippen molar-refractivity contribution in [3.8, 4) is 5.75 Å². The monoisotopic (exact) mass is 390 g/mol. The highest BCUT2D eigenvalue weighted by Gasteiger charge is 2.29. The summed E-state index contributed by atoms with van der Waals surface area (Å²) in [5.74, 6) is 0.711. The average molecular weight is 390 g/mol. The van der Waals surface area contributed by atoms with Gasteiger partial charge in [0.1, 0.15) is 25.0 Å². The number of halogens is 3. The van der Waals surface area contributed by atoms with E-state index in [1.807, 2.05) is 47.8 Å². The van der Waals surface area contributed by atoms with Gasteiger partial charge in [-0.25, -0.2) is 0 Å². The smallest absolute Gasteiger partial charge is 0.416 e. The number of nitrogens with two attached hydrogens (primary N) is 1. The first-order valence-corrected chi connectivity index (χ1v) is 9.19. The van der Waals surface area contributed by atoms with E-state index in [2.05, 4.69) is 0 Å². The van der Waals surface area contributed by atoms with Gasteiger partial charge in [0.2, 0.25) is 0 Å². The third-order valence-electron chi connectivity index (χ3n) is 4.52. The third kappa shape index (κ3) is 5.71. The molecule has 3 aromatic carbocycles. The Morgan fingerprint density at radius 3 is 2.36 bits per heavy atom. The number of hydrogen-bond donors (Lipinski definition) is 2. The van der Waals surface area contributed by atoms with Gasteiger partial charge in [0.05, 0.1) is 12.1 Å². The second kappa shape index (κ2) is 9.08. The standard InChI is InChI=1S/C22H22F3NO2/c23-22(24,25)19-8-5-16(6-9-19)11-12-26-14-20(27)15-28-21-10-7-17-3-1-2-4-18(17)13-21/h1-10,13,20,26-27H,11-12,14-15H2/p+1/t20-/m0/s1. The number of rotatable bonds is 8. The van der Waals surface area contributed by atoms with E-state index in [0.29, 0.717) is 25.3 Å². The summed E-state index contributed by atoms with van der Waals surface area (Å²) in [6.07, 6.45) is -4.30. The summed E-state index contributed by atoms with van der Waals surface area (Å²) in [5, 5.41) is 14.2. The van der Waals surface area contributed by atoms with E-state index in [9.17, 15) is 18.3 Å². The van der Waals surface area contributed by atoms with Gasteiger partial charge in [-0.2, -0.15) is 13.2 Å². The Bertz CT molecular complexity index is 894. The first kappa shape index (κ1) is 20.2. The molecule has 0 aliphatic rings. The van der Waals surface area contributed by atoms with Crippen molar-refractivity contribution in [2.45, 2.75) is 18.7 Å². The topological polar surface area (TPSA) is 46.1 Å². The number of alkyl halides is 3. The maximum atomic E-state index is 12.5. The first-order chi connectivity index (χ1) is 13.4. The van der Waals surface area contributed by atoms with E-state index in [1.165, 1.54) is 12.1 Å². The lowest BCUT2D eigenvalue weighted by atomic mass is 10.1. The molecule has 6 heteroatoms. The van der Waals surface area contributed by atoms with Crippen LogP contribution in [0.5, 0.6) is 5.75 Å². The molecule has 0 bridgehead atoms. The predicted octanol–water partition coefficient (Wildman–Crippen LogP) is 3.40. The zero-order chi connectivity index (χ0) is 20.0. The third-order valence-corrected chi connectivity index (χ3v) is 4.52. The van der Waals surface area contributed by atoms with Gasteiger partial charge in [0, 0.05) is 6.42 Å². The molecular weight excluding hydrogens is 367 g/mol. The average Bonchev–Trinajstić information content (AvgIpc) is 2.69. The van der Waals surface area contributed by atoms with Crippen LogP contribution < -0.4 is 10.1 Å². The highest BCUT2D eigenvalue weighted by molar-refractivity contribution is 5.83. The number of benzene rings is 3. The lowest BCUT2D eigenvalue weighted by Gasteiger charge is -2.12. The largest absolute Gasteiger partial charge is 0.491 e. The fourth-order valence-corrected chi connectivity index (χ4v) is 2.96. The first-order valence-electron chi connectivity index (χ1n) is 9.19. The van der Waals surface area contributed by atoms with Crippen LogP contribution in [-0.4, -0.2) is 30.9 Å². The SMILES string of the molecule is O[C@@H](C[NH2+]CCc1ccc(C(F)(F)F)cc1)COc1ccc2ccccc2c1. The number of aliphatic hydroxyl groups is 1. The molecule has 0 spiro atoms. The molecule has 0 unspecified atom stereocenters. The number of aliphatic hydroxyl groups excluding tert-OH is 1. The van der Waals surface area contributed by atoms with Crippen molar-refractivity contribution >= 4 is 10.8 Å². The van der Waals surface area contributed by atoms with Crippen molar-refractivity contribution in [3.63, 3.8) is 0 Å². The molecule has 3 aromatic rings. The van der Waals surface area contributed by atoms with Gasteiger partial charge in [-0.1, -0.05) is 42.5 Å². The lowest BCUT2D eigenvalue weighted by molar-refractivity contribution is -0.660. The van der Waals surface area contributed by atoms with E-state index in [-0.39, 0.29) is 6.61 Å². The number of fused-ring (bicyclic) bond motifs is 1. The molecule has 148 valence electrons. The van der Waals surface area contributed by atoms with Crippen LogP contribution in [0.25, 0.3) is 10.8 Å². The summed E-state index contributed by atoms with van der Waals surface area (Å²) >= 11 is 0. The predicted molar refractivity (Wildman–Crippen MR) is 102 cm³/mol. The molecule has 0 aliphatic carbocycles. The van der Waals surface area contributed by atoms with Gasteiger partial charge in [0.15, 0.2) is 0 Å². The molecule has 0 heterocycles. The highest BCUT2D eigenvalue weighted by atomic mass is 19.4. The van der Waals surface area contributed by atoms with Crippen LogP contribution in [0.1, 0.15) is 11.1 Å². The molecule has 1 atom stereocenters. The van der Waals surface area contributed by atoms with Gasteiger partial charge < -0.3 is 15.2 Å². The van der Waals surface area contributed by atoms with Crippen LogP contribution in [0.15, 0.2) is 66.7 Å². The van der Waals surface area contributed by atoms with Crippen LogP contribution in [0.4, 0.5) is 13.2 Å². The Labute approximate surface area is 161 Å². The summed E-state index contributed by atoms with van der Waals surface area (Å²) in [4.78, 5) is 0. The van der Waals surface area contributed by atoms with E-state index in [1.54, 1.807) is 0 Å². The summed E-state index contributed by atoms with van der Waals surface area (Å²) in [6.45, 7) is 1.34. The van der Waals surface area contributed by atoms with Crippen molar-refractivity contribution < 1.29 is 28.3 Å². The highest BCUT2D eigenvalue weighted by Crippen LogP contribution is 2.29. The van der Waals surface area contributed by atoms with E-state index in [0.717, 1.165) is 28.5 Å². The van der Waals surface area contributed by atoms with Crippen molar-refractivity contribution in [1.29, 1.82) is 0 Å². The molecule has 0 aliphatic heterocycles. The Kier molecular flexibility index (Phi) is 6.54. The minimum absolute atomic E-state index is 0.190. The molecule has 3 rings (SSSR count). The van der Waals surface area contributed by atoms with Gasteiger partial charge in [-0.15, -0.1) is 0 Å². The lowest BCUT2D eigenvalue weighted by Crippen LogP contribution is -2.87. The molecule has 0 amide bonds. The maximum Gasteiger partial charge on any atom is 0.416 e. The summed E-state index contributed by atoms with van der Waals surface area (Å²) < 4.78 is 43.3. The molecule has 0 saturated heterocycles. The van der Waals surface area contributed by atoms with Crippen LogP contribution in [0.3, 0.4) is 0 Å². The number of ether oxygens (including phenoxy) is 1. The maximum absolute atomic E-state index is 12.5. The van der Waals surface area contributed by atoms with Crippen molar-refractivity contribution in [2.75, 3.05) is 19.7 Å². The molecule has 0 fully saturated rings. The number of quaternary nitrogens is 1. The Balaban J connectivity index is 1.37. The second-order valence-corrected chi connectivity index (χ2v) is 6.73. The van der Waals surface area contributed by atoms with Crippen LogP contribution >= 0.6 is 0 Å². The Morgan fingerprint density at radius 1 is 0.929 bits per heavy atom. The molecular formula is C22H23F3NO2+. The Morgan fingerprint density at radius 2 is 1.64 bits per heavy atom. The molecule has 3 N–H and O–H groups in total. The molecule has 0 aromatic heterocycles. The minimum Gasteiger partial charge on any atom is -0.491 e. The zero-order valence-electron chi connectivity index (χ0n) is 15.3. The minimum atomic E-state index is -4.31. The second-order valence-electron chi connectivity index (χ2n) is 6.73. The zero-order valence-corrected chi connectivity index (χ0v) is 15.3. The van der Waals surface area contributed by atoms with Gasteiger partial charge >= 0.3 is 6.18 Å². The van der Waals surface area contributed by atoms with Crippen molar-refractivity contribution in [1.82, 2.24) is 0 Å². The number of hydrogen-bond acceptors (Lipinski definition) is 2. The fourth-order valence-electron chi connectivity index (χ4n) is 2.96. The van der Waals surface area contributed by atoms with E-state index < -0.39 is 17.8 Å². The van der Waals surface area contributed by atoms with Gasteiger partial charge in [-0.3, -0.25) is 0 Å². The van der Waals surface area contributed by atoms with Crippen LogP contribution in [0, 0.1) is 0 Å². The summed E-state index contributed by atoms with van der Waals surface area (Å²) in [5.41, 5.74) is 0.202. The van der Waals surface area contributed by atoms with Crippen molar-refractivity contribution in [3.05, 3.63) is 77.9 Å². The normalized spacial score (nSPS) is 12.9. The molecule has 0 saturated carbocycles. The Hall–Kier alpha value is -2.57.